The lowest BCUT2D eigenvalue weighted by Crippen LogP contribution is -2.40. The molecule has 0 radical (unpaired) electrons. The van der Waals surface area contributed by atoms with E-state index >= 15 is 0 Å². The van der Waals surface area contributed by atoms with Gasteiger partial charge in [-0.25, -0.2) is 0 Å². The number of likely N-dealkylation sites (tertiary alicyclic amines) is 1. The van der Waals surface area contributed by atoms with E-state index in [0.717, 1.165) is 32.0 Å². The van der Waals surface area contributed by atoms with Crippen molar-refractivity contribution in [3.8, 4) is 0 Å². The highest BCUT2D eigenvalue weighted by Crippen LogP contribution is 2.26. The van der Waals surface area contributed by atoms with Crippen molar-refractivity contribution in [2.24, 2.45) is 12.0 Å². The van der Waals surface area contributed by atoms with Crippen molar-refractivity contribution in [1.82, 2.24) is 20.0 Å². The average molecular weight is 377 g/mol. The third-order valence-electron chi connectivity index (χ3n) is 3.43. The molecule has 0 spiro atoms. The molecule has 1 fully saturated rings. The van der Waals surface area contributed by atoms with Crippen LogP contribution in [0.1, 0.15) is 31.2 Å². The Morgan fingerprint density at radius 2 is 2.37 bits per heavy atom. The first-order chi connectivity index (χ1) is 8.74. The molecule has 108 valence electrons. The summed E-state index contributed by atoms with van der Waals surface area (Å²) in [6.45, 7) is 5.27. The molecule has 6 heteroatoms. The molecule has 1 N–H and O–H groups in total. The molecule has 0 saturated carbocycles. The first-order valence-electron chi connectivity index (χ1n) is 6.68. The van der Waals surface area contributed by atoms with E-state index in [9.17, 15) is 0 Å². The van der Waals surface area contributed by atoms with Crippen molar-refractivity contribution in [2.45, 2.75) is 25.7 Å². The Hall–Kier alpha value is -0.790. The second kappa shape index (κ2) is 7.72. The molecule has 0 aromatic carbocycles. The van der Waals surface area contributed by atoms with Crippen molar-refractivity contribution in [3.05, 3.63) is 18.0 Å². The van der Waals surface area contributed by atoms with Crippen molar-refractivity contribution >= 4 is 29.9 Å². The molecule has 0 aliphatic carbocycles. The van der Waals surface area contributed by atoms with E-state index in [4.69, 9.17) is 0 Å². The van der Waals surface area contributed by atoms with Crippen molar-refractivity contribution < 1.29 is 0 Å². The summed E-state index contributed by atoms with van der Waals surface area (Å²) in [5.74, 6) is 1.61. The van der Waals surface area contributed by atoms with E-state index in [1.807, 2.05) is 25.0 Å². The normalized spacial score (nSPS) is 19.4. The van der Waals surface area contributed by atoms with Gasteiger partial charge in [-0.1, -0.05) is 6.92 Å². The van der Waals surface area contributed by atoms with Crippen LogP contribution in [0.3, 0.4) is 0 Å². The second-order valence-corrected chi connectivity index (χ2v) is 4.85. The van der Waals surface area contributed by atoms with Crippen LogP contribution in [-0.2, 0) is 7.05 Å². The predicted octanol–water partition coefficient (Wildman–Crippen LogP) is 1.81. The summed E-state index contributed by atoms with van der Waals surface area (Å²) in [5.41, 5.74) is 1.34. The van der Waals surface area contributed by atoms with Gasteiger partial charge in [-0.05, 0) is 18.4 Å². The van der Waals surface area contributed by atoms with Crippen LogP contribution in [0.2, 0.25) is 0 Å². The van der Waals surface area contributed by atoms with Crippen molar-refractivity contribution in [1.29, 1.82) is 0 Å². The first kappa shape index (κ1) is 16.3. The van der Waals surface area contributed by atoms with Gasteiger partial charge in [0.15, 0.2) is 5.96 Å². The van der Waals surface area contributed by atoms with Crippen LogP contribution in [0, 0.1) is 0 Å². The number of nitrogens with one attached hydrogen (secondary N) is 1. The molecule has 1 aliphatic heterocycles. The van der Waals surface area contributed by atoms with Crippen LogP contribution in [0.25, 0.3) is 0 Å². The lowest BCUT2D eigenvalue weighted by Gasteiger charge is -2.21. The topological polar surface area (TPSA) is 45.5 Å². The molecular weight excluding hydrogens is 353 g/mol. The van der Waals surface area contributed by atoms with Gasteiger partial charge in [-0.2, -0.15) is 5.10 Å². The van der Waals surface area contributed by atoms with Gasteiger partial charge in [0.1, 0.15) is 0 Å². The molecular formula is C13H24IN5. The fourth-order valence-corrected chi connectivity index (χ4v) is 2.44. The maximum atomic E-state index is 4.35. The van der Waals surface area contributed by atoms with Gasteiger partial charge >= 0.3 is 0 Å². The molecule has 2 rings (SSSR count). The number of aliphatic imine (C=N–C) groups is 1. The number of aryl methyl sites for hydroxylation is 1. The Bertz CT molecular complexity index is 415. The van der Waals surface area contributed by atoms with Crippen LogP contribution in [-0.4, -0.2) is 47.3 Å². The van der Waals surface area contributed by atoms with E-state index in [-0.39, 0.29) is 24.0 Å². The summed E-state index contributed by atoms with van der Waals surface area (Å²) in [4.78, 5) is 6.69. The lowest BCUT2D eigenvalue weighted by molar-refractivity contribution is 0.486. The van der Waals surface area contributed by atoms with Gasteiger partial charge < -0.3 is 10.2 Å². The minimum absolute atomic E-state index is 0. The Morgan fingerprint density at radius 1 is 1.58 bits per heavy atom. The lowest BCUT2D eigenvalue weighted by atomic mass is 10.0. The highest BCUT2D eigenvalue weighted by atomic mass is 127. The molecule has 1 aromatic rings. The number of aromatic nitrogens is 2. The number of nitrogens with zero attached hydrogens (tertiary/aromatic N) is 4. The fraction of sp³-hybridized carbons (Fsp3) is 0.692. The van der Waals surface area contributed by atoms with Crippen molar-refractivity contribution in [3.63, 3.8) is 0 Å². The molecule has 1 aliphatic rings. The van der Waals surface area contributed by atoms with E-state index in [2.05, 4.69) is 33.4 Å². The summed E-state index contributed by atoms with van der Waals surface area (Å²) >= 11 is 0. The largest absolute Gasteiger partial charge is 0.356 e. The molecule has 1 aromatic heterocycles. The van der Waals surface area contributed by atoms with Gasteiger partial charge in [-0.3, -0.25) is 9.67 Å². The minimum Gasteiger partial charge on any atom is -0.356 e. The van der Waals surface area contributed by atoms with Crippen molar-refractivity contribution in [2.75, 3.05) is 26.7 Å². The van der Waals surface area contributed by atoms with Gasteiger partial charge in [0.2, 0.25) is 0 Å². The van der Waals surface area contributed by atoms with Crippen LogP contribution >= 0.6 is 24.0 Å². The summed E-state index contributed by atoms with van der Waals surface area (Å²) < 4.78 is 1.88. The highest BCUT2D eigenvalue weighted by molar-refractivity contribution is 14.0. The maximum Gasteiger partial charge on any atom is 0.193 e. The third kappa shape index (κ3) is 4.09. The van der Waals surface area contributed by atoms with E-state index < -0.39 is 0 Å². The average Bonchev–Trinajstić information content (AvgIpc) is 2.99. The molecule has 1 atom stereocenters. The Labute approximate surface area is 132 Å². The van der Waals surface area contributed by atoms with Gasteiger partial charge in [0.05, 0.1) is 6.20 Å². The predicted molar refractivity (Wildman–Crippen MR) is 89.2 cm³/mol. The molecule has 0 amide bonds. The monoisotopic (exact) mass is 377 g/mol. The summed E-state index contributed by atoms with van der Waals surface area (Å²) in [6.07, 6.45) is 6.41. The fourth-order valence-electron chi connectivity index (χ4n) is 2.44. The molecule has 1 unspecified atom stereocenters. The van der Waals surface area contributed by atoms with Crippen LogP contribution in [0.15, 0.2) is 17.4 Å². The number of guanidine groups is 1. The van der Waals surface area contributed by atoms with E-state index in [1.165, 1.54) is 12.0 Å². The molecule has 19 heavy (non-hydrogen) atoms. The Morgan fingerprint density at radius 3 is 2.95 bits per heavy atom. The number of rotatable bonds is 3. The van der Waals surface area contributed by atoms with E-state index in [0.29, 0.717) is 5.92 Å². The molecule has 0 bridgehead atoms. The zero-order valence-electron chi connectivity index (χ0n) is 12.0. The minimum atomic E-state index is 0. The first-order valence-corrected chi connectivity index (χ1v) is 6.68. The summed E-state index contributed by atoms with van der Waals surface area (Å²) in [7, 11) is 3.83. The zero-order chi connectivity index (χ0) is 13.0. The molecule has 1 saturated heterocycles. The second-order valence-electron chi connectivity index (χ2n) is 4.85. The summed E-state index contributed by atoms with van der Waals surface area (Å²) in [6, 6.07) is 0. The smallest absolute Gasteiger partial charge is 0.193 e. The summed E-state index contributed by atoms with van der Waals surface area (Å²) in [5, 5.41) is 7.65. The van der Waals surface area contributed by atoms with Crippen LogP contribution in [0.5, 0.6) is 0 Å². The number of hydrogen-bond acceptors (Lipinski definition) is 2. The highest BCUT2D eigenvalue weighted by Gasteiger charge is 2.26. The van der Waals surface area contributed by atoms with Gasteiger partial charge in [0, 0.05) is 45.8 Å². The third-order valence-corrected chi connectivity index (χ3v) is 3.43. The SMILES string of the molecule is CCCNC(=NC)N1CCC(c2cnn(C)c2)C1.I. The Kier molecular flexibility index (Phi) is 6.60. The van der Waals surface area contributed by atoms with Crippen LogP contribution < -0.4 is 5.32 Å². The quantitative estimate of drug-likeness (QED) is 0.497. The van der Waals surface area contributed by atoms with E-state index in [1.54, 1.807) is 0 Å². The van der Waals surface area contributed by atoms with Gasteiger partial charge in [-0.15, -0.1) is 24.0 Å². The number of hydrogen-bond donors (Lipinski definition) is 1. The van der Waals surface area contributed by atoms with Crippen LogP contribution in [0.4, 0.5) is 0 Å². The Balaban J connectivity index is 0.00000180. The zero-order valence-corrected chi connectivity index (χ0v) is 14.3. The molecule has 2 heterocycles. The molecule has 5 nitrogen and oxygen atoms in total. The standard InChI is InChI=1S/C13H23N5.HI/c1-4-6-15-13(14-2)18-7-5-11(10-18)12-8-16-17(3)9-12;/h8-9,11H,4-7,10H2,1-3H3,(H,14,15);1H. The maximum absolute atomic E-state index is 4.35. The van der Waals surface area contributed by atoms with Gasteiger partial charge in [0.25, 0.3) is 0 Å². The number of halogens is 1.